The maximum Gasteiger partial charge on any atom is 0.261 e. The standard InChI is InChI=1S/C12H9Cl2NO4S2/c13-9-2-1-3-10(8-9)15-21(18,19)12-6-4-11(5-7-12)20(14,16)17/h1-8,15H. The second-order valence-corrected chi connectivity index (χ2v) is 8.71. The van der Waals surface area contributed by atoms with Crippen LogP contribution in [-0.2, 0) is 19.1 Å². The van der Waals surface area contributed by atoms with Crippen molar-refractivity contribution < 1.29 is 16.8 Å². The third-order valence-corrected chi connectivity index (χ3v) is 5.49. The van der Waals surface area contributed by atoms with Gasteiger partial charge in [0.2, 0.25) is 0 Å². The van der Waals surface area contributed by atoms with Crippen LogP contribution in [0.2, 0.25) is 5.02 Å². The first-order valence-corrected chi connectivity index (χ1v) is 9.69. The van der Waals surface area contributed by atoms with Crippen LogP contribution >= 0.6 is 22.3 Å². The minimum atomic E-state index is -3.89. The Kier molecular flexibility index (Phi) is 4.48. The van der Waals surface area contributed by atoms with Gasteiger partial charge in [-0.15, -0.1) is 0 Å². The van der Waals surface area contributed by atoms with Crippen LogP contribution in [0.25, 0.3) is 0 Å². The van der Waals surface area contributed by atoms with Gasteiger partial charge < -0.3 is 0 Å². The van der Waals surface area contributed by atoms with E-state index in [4.69, 9.17) is 22.3 Å². The smallest absolute Gasteiger partial charge is 0.261 e. The van der Waals surface area contributed by atoms with E-state index < -0.39 is 19.1 Å². The monoisotopic (exact) mass is 365 g/mol. The first kappa shape index (κ1) is 16.1. The van der Waals surface area contributed by atoms with Crippen molar-refractivity contribution in [3.63, 3.8) is 0 Å². The fraction of sp³-hybridized carbons (Fsp3) is 0. The number of sulfonamides is 1. The molecule has 0 aromatic heterocycles. The molecule has 0 aliphatic rings. The van der Waals surface area contributed by atoms with Crippen LogP contribution in [0.4, 0.5) is 5.69 Å². The fourth-order valence-electron chi connectivity index (χ4n) is 1.55. The molecule has 9 heteroatoms. The number of halogens is 2. The third kappa shape index (κ3) is 4.10. The molecule has 0 unspecified atom stereocenters. The van der Waals surface area contributed by atoms with Crippen molar-refractivity contribution in [2.45, 2.75) is 9.79 Å². The summed E-state index contributed by atoms with van der Waals surface area (Å²) >= 11 is 5.77. The molecule has 21 heavy (non-hydrogen) atoms. The zero-order valence-corrected chi connectivity index (χ0v) is 13.5. The quantitative estimate of drug-likeness (QED) is 0.844. The van der Waals surface area contributed by atoms with Crippen LogP contribution in [0.1, 0.15) is 0 Å². The Bertz CT molecular complexity index is 862. The zero-order valence-electron chi connectivity index (χ0n) is 10.3. The predicted molar refractivity (Wildman–Crippen MR) is 81.7 cm³/mol. The first-order valence-electron chi connectivity index (χ1n) is 5.52. The van der Waals surface area contributed by atoms with E-state index in [0.717, 1.165) is 24.3 Å². The lowest BCUT2D eigenvalue weighted by Gasteiger charge is -2.08. The number of benzene rings is 2. The van der Waals surface area contributed by atoms with Gasteiger partial charge in [-0.05, 0) is 42.5 Å². The molecule has 0 saturated heterocycles. The molecular weight excluding hydrogens is 357 g/mol. The largest absolute Gasteiger partial charge is 0.280 e. The minimum absolute atomic E-state index is 0.0912. The highest BCUT2D eigenvalue weighted by Gasteiger charge is 2.16. The summed E-state index contributed by atoms with van der Waals surface area (Å²) in [5.41, 5.74) is 0.302. The second kappa shape index (κ2) is 5.84. The number of nitrogens with one attached hydrogen (secondary N) is 1. The normalized spacial score (nSPS) is 12.1. The predicted octanol–water partition coefficient (Wildman–Crippen LogP) is 3.07. The highest BCUT2D eigenvalue weighted by Crippen LogP contribution is 2.21. The van der Waals surface area contributed by atoms with Gasteiger partial charge in [0, 0.05) is 15.7 Å². The number of rotatable bonds is 4. The SMILES string of the molecule is O=S(=O)(Cl)c1ccc(S(=O)(=O)Nc2cccc(Cl)c2)cc1. The Balaban J connectivity index is 2.32. The summed E-state index contributed by atoms with van der Waals surface area (Å²) in [7, 11) is -2.56. The van der Waals surface area contributed by atoms with Gasteiger partial charge in [0.05, 0.1) is 15.5 Å². The molecule has 112 valence electrons. The minimum Gasteiger partial charge on any atom is -0.280 e. The molecular formula is C12H9Cl2NO4S2. The molecule has 5 nitrogen and oxygen atoms in total. The molecule has 0 bridgehead atoms. The van der Waals surface area contributed by atoms with Gasteiger partial charge >= 0.3 is 0 Å². The Labute approximate surface area is 132 Å². The zero-order chi connectivity index (χ0) is 15.7. The summed E-state index contributed by atoms with van der Waals surface area (Å²) in [5, 5.41) is 0.388. The van der Waals surface area contributed by atoms with E-state index in [2.05, 4.69) is 4.72 Å². The van der Waals surface area contributed by atoms with Crippen molar-refractivity contribution in [1.29, 1.82) is 0 Å². The summed E-state index contributed by atoms with van der Waals surface area (Å²) in [6, 6.07) is 10.8. The summed E-state index contributed by atoms with van der Waals surface area (Å²) in [6.07, 6.45) is 0. The molecule has 0 atom stereocenters. The number of hydrogen-bond acceptors (Lipinski definition) is 4. The van der Waals surface area contributed by atoms with Gasteiger partial charge in [0.1, 0.15) is 0 Å². The Morgan fingerprint density at radius 2 is 1.43 bits per heavy atom. The second-order valence-electron chi connectivity index (χ2n) is 4.03. The lowest BCUT2D eigenvalue weighted by atomic mass is 10.3. The van der Waals surface area contributed by atoms with E-state index in [1.807, 2.05) is 0 Å². The summed E-state index contributed by atoms with van der Waals surface area (Å²) in [5.74, 6) is 0. The Hall–Kier alpha value is -1.28. The third-order valence-electron chi connectivity index (χ3n) is 2.49. The number of anilines is 1. The Morgan fingerprint density at radius 3 is 1.95 bits per heavy atom. The maximum absolute atomic E-state index is 12.1. The molecule has 2 aromatic carbocycles. The molecule has 0 saturated carbocycles. The van der Waals surface area contributed by atoms with E-state index in [1.165, 1.54) is 6.07 Å². The fourth-order valence-corrected chi connectivity index (χ4v) is 3.56. The van der Waals surface area contributed by atoms with Gasteiger partial charge in [0.25, 0.3) is 19.1 Å². The average molecular weight is 366 g/mol. The van der Waals surface area contributed by atoms with Crippen LogP contribution in [0.3, 0.4) is 0 Å². The van der Waals surface area contributed by atoms with Crippen LogP contribution in [0.5, 0.6) is 0 Å². The maximum atomic E-state index is 12.1. The van der Waals surface area contributed by atoms with Gasteiger partial charge in [-0.2, -0.15) is 0 Å². The highest BCUT2D eigenvalue weighted by molar-refractivity contribution is 8.13. The summed E-state index contributed by atoms with van der Waals surface area (Å²) in [4.78, 5) is -0.266. The van der Waals surface area contributed by atoms with Crippen LogP contribution in [-0.4, -0.2) is 16.8 Å². The van der Waals surface area contributed by atoms with E-state index in [-0.39, 0.29) is 9.79 Å². The van der Waals surface area contributed by atoms with Crippen LogP contribution in [0, 0.1) is 0 Å². The summed E-state index contributed by atoms with van der Waals surface area (Å²) < 4.78 is 48.8. The highest BCUT2D eigenvalue weighted by atomic mass is 35.7. The average Bonchev–Trinajstić information content (AvgIpc) is 2.37. The molecule has 2 aromatic rings. The van der Waals surface area contributed by atoms with Crippen LogP contribution < -0.4 is 4.72 Å². The van der Waals surface area contributed by atoms with Crippen molar-refractivity contribution in [2.24, 2.45) is 0 Å². The van der Waals surface area contributed by atoms with E-state index in [9.17, 15) is 16.8 Å². The molecule has 0 aliphatic heterocycles. The van der Waals surface area contributed by atoms with Gasteiger partial charge in [0.15, 0.2) is 0 Å². The van der Waals surface area contributed by atoms with Crippen molar-refractivity contribution in [2.75, 3.05) is 4.72 Å². The van der Waals surface area contributed by atoms with Crippen molar-refractivity contribution in [3.8, 4) is 0 Å². The lowest BCUT2D eigenvalue weighted by Crippen LogP contribution is -2.12. The molecule has 0 aliphatic carbocycles. The molecule has 1 N–H and O–H groups in total. The van der Waals surface area contributed by atoms with Gasteiger partial charge in [-0.3, -0.25) is 4.72 Å². The van der Waals surface area contributed by atoms with Crippen molar-refractivity contribution in [3.05, 3.63) is 53.6 Å². The van der Waals surface area contributed by atoms with E-state index in [0.29, 0.717) is 10.7 Å². The molecule has 0 radical (unpaired) electrons. The topological polar surface area (TPSA) is 80.3 Å². The first-order chi connectivity index (χ1) is 9.68. The Morgan fingerprint density at radius 1 is 0.857 bits per heavy atom. The lowest BCUT2D eigenvalue weighted by molar-refractivity contribution is 0.600. The molecule has 0 heterocycles. The molecule has 0 spiro atoms. The molecule has 0 fully saturated rings. The van der Waals surface area contributed by atoms with Gasteiger partial charge in [-0.1, -0.05) is 17.7 Å². The molecule has 2 rings (SSSR count). The van der Waals surface area contributed by atoms with Crippen molar-refractivity contribution in [1.82, 2.24) is 0 Å². The van der Waals surface area contributed by atoms with E-state index >= 15 is 0 Å². The molecule has 0 amide bonds. The van der Waals surface area contributed by atoms with E-state index in [1.54, 1.807) is 18.2 Å². The summed E-state index contributed by atoms with van der Waals surface area (Å²) in [6.45, 7) is 0. The van der Waals surface area contributed by atoms with Gasteiger partial charge in [-0.25, -0.2) is 16.8 Å². The number of hydrogen-bond donors (Lipinski definition) is 1. The van der Waals surface area contributed by atoms with Crippen molar-refractivity contribution >= 4 is 47.0 Å². The van der Waals surface area contributed by atoms with Crippen LogP contribution in [0.15, 0.2) is 58.3 Å².